The Bertz CT molecular complexity index is 668. The topological polar surface area (TPSA) is 96.5 Å². The monoisotopic (exact) mass is 284 g/mol. The molecule has 0 spiro atoms. The van der Waals surface area contributed by atoms with E-state index in [1.165, 1.54) is 12.3 Å². The van der Waals surface area contributed by atoms with Crippen LogP contribution in [0.4, 0.5) is 0 Å². The van der Waals surface area contributed by atoms with E-state index in [4.69, 9.17) is 5.26 Å². The summed E-state index contributed by atoms with van der Waals surface area (Å²) in [6.45, 7) is 5.88. The van der Waals surface area contributed by atoms with E-state index in [9.17, 15) is 4.79 Å². The average molecular weight is 284 g/mol. The van der Waals surface area contributed by atoms with E-state index < -0.39 is 0 Å². The Kier molecular flexibility index (Phi) is 4.28. The molecule has 2 aromatic rings. The lowest BCUT2D eigenvalue weighted by Crippen LogP contribution is -2.29. The van der Waals surface area contributed by atoms with E-state index >= 15 is 0 Å². The summed E-state index contributed by atoms with van der Waals surface area (Å²) >= 11 is 0. The summed E-state index contributed by atoms with van der Waals surface area (Å²) in [5.74, 6) is 0.428. The molecule has 7 nitrogen and oxygen atoms in total. The molecule has 0 saturated heterocycles. The Labute approximate surface area is 122 Å². The van der Waals surface area contributed by atoms with Crippen LogP contribution >= 0.6 is 0 Å². The molecule has 0 radical (unpaired) electrons. The second kappa shape index (κ2) is 6.13. The van der Waals surface area contributed by atoms with Gasteiger partial charge < -0.3 is 9.88 Å². The van der Waals surface area contributed by atoms with Crippen LogP contribution in [0.15, 0.2) is 24.7 Å². The van der Waals surface area contributed by atoms with Crippen LogP contribution in [0, 0.1) is 11.3 Å². The number of nitrogens with zero attached hydrogens (tertiary/aromatic N) is 5. The number of nitrogens with one attached hydrogen (secondary N) is 1. The smallest absolute Gasteiger partial charge is 0.253 e. The van der Waals surface area contributed by atoms with Gasteiger partial charge in [-0.15, -0.1) is 10.2 Å². The summed E-state index contributed by atoms with van der Waals surface area (Å²) in [6.07, 6.45) is 3.03. The molecule has 2 aromatic heterocycles. The molecule has 1 amide bonds. The molecule has 0 aliphatic heterocycles. The van der Waals surface area contributed by atoms with Crippen molar-refractivity contribution in [1.29, 1.82) is 5.26 Å². The Morgan fingerprint density at radius 2 is 2.14 bits per heavy atom. The standard InChI is InChI=1S/C14H16N6O/c1-9(2)20-8-17-19-13(20)10(3)18-14(21)11-4-5-12(6-15)16-7-11/h4-5,7-10H,1-3H3,(H,18,21)/t10-/m1/s1. The highest BCUT2D eigenvalue weighted by Gasteiger charge is 2.18. The third-order valence-corrected chi connectivity index (χ3v) is 3.03. The Morgan fingerprint density at radius 1 is 1.38 bits per heavy atom. The molecule has 1 N–H and O–H groups in total. The van der Waals surface area contributed by atoms with Crippen molar-refractivity contribution in [2.75, 3.05) is 0 Å². The summed E-state index contributed by atoms with van der Waals surface area (Å²) < 4.78 is 1.90. The fourth-order valence-corrected chi connectivity index (χ4v) is 1.90. The fraction of sp³-hybridized carbons (Fsp3) is 0.357. The van der Waals surface area contributed by atoms with Gasteiger partial charge in [0.1, 0.15) is 18.1 Å². The maximum absolute atomic E-state index is 12.1. The van der Waals surface area contributed by atoms with Crippen LogP contribution in [0.2, 0.25) is 0 Å². The van der Waals surface area contributed by atoms with Gasteiger partial charge in [0.05, 0.1) is 11.6 Å². The summed E-state index contributed by atoms with van der Waals surface area (Å²) in [6, 6.07) is 4.93. The summed E-state index contributed by atoms with van der Waals surface area (Å²) in [7, 11) is 0. The Hall–Kier alpha value is -2.75. The Morgan fingerprint density at radius 3 is 2.71 bits per heavy atom. The zero-order valence-electron chi connectivity index (χ0n) is 12.1. The Balaban J connectivity index is 2.11. The molecular formula is C14H16N6O. The van der Waals surface area contributed by atoms with Crippen LogP contribution in [0.25, 0.3) is 0 Å². The van der Waals surface area contributed by atoms with Gasteiger partial charge in [0.2, 0.25) is 0 Å². The number of hydrogen-bond acceptors (Lipinski definition) is 5. The number of hydrogen-bond donors (Lipinski definition) is 1. The van der Waals surface area contributed by atoms with Crippen LogP contribution < -0.4 is 5.32 Å². The number of rotatable bonds is 4. The maximum atomic E-state index is 12.1. The molecule has 0 saturated carbocycles. The van der Waals surface area contributed by atoms with E-state index in [0.29, 0.717) is 11.4 Å². The van der Waals surface area contributed by atoms with Gasteiger partial charge in [0.15, 0.2) is 5.82 Å². The lowest BCUT2D eigenvalue weighted by atomic mass is 10.2. The largest absolute Gasteiger partial charge is 0.342 e. The first kappa shape index (κ1) is 14.7. The third kappa shape index (κ3) is 3.23. The van der Waals surface area contributed by atoms with Crippen LogP contribution in [0.5, 0.6) is 0 Å². The van der Waals surface area contributed by atoms with Gasteiger partial charge >= 0.3 is 0 Å². The van der Waals surface area contributed by atoms with Crippen molar-refractivity contribution in [3.05, 3.63) is 41.7 Å². The highest BCUT2D eigenvalue weighted by molar-refractivity contribution is 5.94. The molecule has 0 unspecified atom stereocenters. The number of nitriles is 1. The van der Waals surface area contributed by atoms with E-state index in [1.807, 2.05) is 31.4 Å². The molecule has 0 aromatic carbocycles. The summed E-state index contributed by atoms with van der Waals surface area (Å²) in [4.78, 5) is 16.0. The van der Waals surface area contributed by atoms with Crippen molar-refractivity contribution in [2.45, 2.75) is 32.9 Å². The lowest BCUT2D eigenvalue weighted by molar-refractivity contribution is 0.0937. The molecule has 108 valence electrons. The quantitative estimate of drug-likeness (QED) is 0.920. The second-order valence-corrected chi connectivity index (χ2v) is 4.93. The predicted octanol–water partition coefficient (Wildman–Crippen LogP) is 1.62. The number of amides is 1. The van der Waals surface area contributed by atoms with Crippen molar-refractivity contribution >= 4 is 5.91 Å². The molecule has 0 aliphatic carbocycles. The molecule has 1 atom stereocenters. The van der Waals surface area contributed by atoms with E-state index in [-0.39, 0.29) is 23.7 Å². The van der Waals surface area contributed by atoms with Gasteiger partial charge in [-0.3, -0.25) is 4.79 Å². The molecule has 7 heteroatoms. The molecule has 21 heavy (non-hydrogen) atoms. The zero-order chi connectivity index (χ0) is 15.4. The van der Waals surface area contributed by atoms with E-state index in [0.717, 1.165) is 0 Å². The predicted molar refractivity (Wildman–Crippen MR) is 75.2 cm³/mol. The SMILES string of the molecule is CC(C)n1cnnc1[C@@H](C)NC(=O)c1ccc(C#N)nc1. The summed E-state index contributed by atoms with van der Waals surface area (Å²) in [5, 5.41) is 19.5. The highest BCUT2D eigenvalue weighted by Crippen LogP contribution is 2.14. The van der Waals surface area contributed by atoms with E-state index in [1.54, 1.807) is 12.4 Å². The van der Waals surface area contributed by atoms with Gasteiger partial charge in [0.25, 0.3) is 5.91 Å². The molecule has 2 heterocycles. The second-order valence-electron chi connectivity index (χ2n) is 4.93. The number of aromatic nitrogens is 4. The van der Waals surface area contributed by atoms with Crippen molar-refractivity contribution in [3.8, 4) is 6.07 Å². The van der Waals surface area contributed by atoms with Crippen LogP contribution in [0.1, 0.15) is 54.7 Å². The average Bonchev–Trinajstić information content (AvgIpc) is 2.97. The van der Waals surface area contributed by atoms with Crippen LogP contribution in [-0.2, 0) is 0 Å². The minimum absolute atomic E-state index is 0.214. The third-order valence-electron chi connectivity index (χ3n) is 3.03. The highest BCUT2D eigenvalue weighted by atomic mass is 16.1. The first-order valence-electron chi connectivity index (χ1n) is 6.59. The number of carbonyl (C=O) groups is 1. The minimum Gasteiger partial charge on any atom is -0.342 e. The minimum atomic E-state index is -0.280. The van der Waals surface area contributed by atoms with Crippen LogP contribution in [0.3, 0.4) is 0 Å². The fourth-order valence-electron chi connectivity index (χ4n) is 1.90. The zero-order valence-corrected chi connectivity index (χ0v) is 12.1. The van der Waals surface area contributed by atoms with Gasteiger partial charge in [-0.25, -0.2) is 4.98 Å². The first-order chi connectivity index (χ1) is 10.0. The first-order valence-corrected chi connectivity index (χ1v) is 6.59. The number of pyridine rings is 1. The normalized spacial score (nSPS) is 12.0. The molecule has 0 fully saturated rings. The van der Waals surface area contributed by atoms with Gasteiger partial charge in [-0.1, -0.05) is 0 Å². The van der Waals surface area contributed by atoms with Crippen molar-refractivity contribution in [2.24, 2.45) is 0 Å². The van der Waals surface area contributed by atoms with Gasteiger partial charge in [-0.05, 0) is 32.9 Å². The van der Waals surface area contributed by atoms with Crippen molar-refractivity contribution in [3.63, 3.8) is 0 Å². The van der Waals surface area contributed by atoms with Crippen molar-refractivity contribution in [1.82, 2.24) is 25.1 Å². The van der Waals surface area contributed by atoms with E-state index in [2.05, 4.69) is 20.5 Å². The van der Waals surface area contributed by atoms with Gasteiger partial charge in [0, 0.05) is 12.2 Å². The summed E-state index contributed by atoms with van der Waals surface area (Å²) in [5.41, 5.74) is 0.676. The molecular weight excluding hydrogens is 268 g/mol. The molecule has 0 aliphatic rings. The van der Waals surface area contributed by atoms with Gasteiger partial charge in [-0.2, -0.15) is 5.26 Å². The number of carbonyl (C=O) groups excluding carboxylic acids is 1. The molecule has 0 bridgehead atoms. The van der Waals surface area contributed by atoms with Crippen LogP contribution in [-0.4, -0.2) is 25.7 Å². The lowest BCUT2D eigenvalue weighted by Gasteiger charge is -2.16. The maximum Gasteiger partial charge on any atom is 0.253 e. The van der Waals surface area contributed by atoms with Crippen molar-refractivity contribution < 1.29 is 4.79 Å². The molecule has 2 rings (SSSR count).